The summed E-state index contributed by atoms with van der Waals surface area (Å²) < 4.78 is 4.86. The van der Waals surface area contributed by atoms with Crippen LogP contribution >= 0.6 is 12.2 Å². The molecule has 1 aromatic carbocycles. The van der Waals surface area contributed by atoms with Crippen LogP contribution in [-0.4, -0.2) is 53.0 Å². The molecule has 1 fully saturated rings. The van der Waals surface area contributed by atoms with Crippen LogP contribution in [-0.2, 0) is 24.4 Å². The fourth-order valence-corrected chi connectivity index (χ4v) is 4.29. The van der Waals surface area contributed by atoms with E-state index in [2.05, 4.69) is 34.9 Å². The zero-order chi connectivity index (χ0) is 21.3. The number of nitrogens with one attached hydrogen (secondary N) is 3. The lowest BCUT2D eigenvalue weighted by atomic mass is 10.1. The average molecular weight is 433 g/mol. The van der Waals surface area contributed by atoms with Crippen molar-refractivity contribution >= 4 is 23.8 Å². The number of quaternary nitrogens is 2. The maximum atomic E-state index is 12.5. The Hall–Kier alpha value is -2.03. The maximum Gasteiger partial charge on any atom is 0.279 e. The van der Waals surface area contributed by atoms with Crippen molar-refractivity contribution in [1.29, 1.82) is 0 Å². The summed E-state index contributed by atoms with van der Waals surface area (Å²) in [5, 5.41) is 7.60. The fraction of sp³-hybridized carbons (Fsp3) is 0.591. The molecular formula is C22H36N6OS+2. The van der Waals surface area contributed by atoms with Crippen molar-refractivity contribution in [2.45, 2.75) is 52.7 Å². The van der Waals surface area contributed by atoms with Gasteiger partial charge in [-0.05, 0) is 36.7 Å². The molecule has 7 nitrogen and oxygen atoms in total. The summed E-state index contributed by atoms with van der Waals surface area (Å²) in [4.78, 5) is 15.3. The van der Waals surface area contributed by atoms with E-state index in [1.165, 1.54) is 28.2 Å². The third-order valence-corrected chi connectivity index (χ3v) is 6.37. The Morgan fingerprint density at radius 1 is 1.13 bits per heavy atom. The number of piperazine rings is 1. The van der Waals surface area contributed by atoms with Gasteiger partial charge in [0.1, 0.15) is 32.5 Å². The molecule has 8 heteroatoms. The molecular weight excluding hydrogens is 396 g/mol. The topological polar surface area (TPSA) is 60.7 Å². The standard InChI is InChI=1S/C22H34N6OS/c1-3-5-8-11-27-17-23-28(22(27)30)18-26-14-12-25(13-15-26)16-21(29)24-20-10-7-6-9-19(20)4-2/h6-7,9-10,17H,3-5,8,11-16,18H2,1-2H3,(H,24,29)/p+2. The van der Waals surface area contributed by atoms with Gasteiger partial charge in [-0.3, -0.25) is 4.79 Å². The number of para-hydroxylation sites is 1. The van der Waals surface area contributed by atoms with Crippen molar-refractivity contribution in [2.75, 3.05) is 38.0 Å². The molecule has 30 heavy (non-hydrogen) atoms. The molecule has 2 heterocycles. The molecule has 3 N–H and O–H groups in total. The second-order valence-electron chi connectivity index (χ2n) is 8.21. The molecule has 0 spiro atoms. The zero-order valence-corrected chi connectivity index (χ0v) is 19.1. The van der Waals surface area contributed by atoms with Crippen LogP contribution in [0.4, 0.5) is 5.69 Å². The van der Waals surface area contributed by atoms with Gasteiger partial charge < -0.3 is 19.7 Å². The van der Waals surface area contributed by atoms with E-state index in [-0.39, 0.29) is 5.91 Å². The predicted molar refractivity (Wildman–Crippen MR) is 121 cm³/mol. The molecule has 3 rings (SSSR count). The van der Waals surface area contributed by atoms with E-state index < -0.39 is 0 Å². The van der Waals surface area contributed by atoms with Gasteiger partial charge in [-0.2, -0.15) is 9.78 Å². The summed E-state index contributed by atoms with van der Waals surface area (Å²) in [6.45, 7) is 10.6. The van der Waals surface area contributed by atoms with Gasteiger partial charge in [0, 0.05) is 12.2 Å². The number of aryl methyl sites for hydroxylation is 2. The van der Waals surface area contributed by atoms with Crippen LogP contribution in [0.25, 0.3) is 0 Å². The van der Waals surface area contributed by atoms with Gasteiger partial charge >= 0.3 is 0 Å². The van der Waals surface area contributed by atoms with Gasteiger partial charge in [-0.15, -0.1) is 0 Å². The molecule has 1 saturated heterocycles. The summed E-state index contributed by atoms with van der Waals surface area (Å²) in [5.74, 6) is 0.0994. The highest BCUT2D eigenvalue weighted by molar-refractivity contribution is 7.71. The number of nitrogens with zero attached hydrogens (tertiary/aromatic N) is 3. The predicted octanol–water partition coefficient (Wildman–Crippen LogP) is 0.546. The molecule has 1 amide bonds. The Balaban J connectivity index is 1.44. The van der Waals surface area contributed by atoms with Gasteiger partial charge in [0.15, 0.2) is 13.2 Å². The van der Waals surface area contributed by atoms with E-state index in [1.807, 2.05) is 29.2 Å². The number of aromatic nitrogens is 3. The summed E-state index contributed by atoms with van der Waals surface area (Å²) in [6, 6.07) is 8.04. The molecule has 1 aliphatic heterocycles. The first-order valence-corrected chi connectivity index (χ1v) is 11.7. The minimum absolute atomic E-state index is 0.0994. The number of amides is 1. The minimum Gasteiger partial charge on any atom is -0.321 e. The van der Waals surface area contributed by atoms with Gasteiger partial charge in [-0.1, -0.05) is 44.9 Å². The van der Waals surface area contributed by atoms with Crippen molar-refractivity contribution in [2.24, 2.45) is 0 Å². The second-order valence-corrected chi connectivity index (χ2v) is 8.57. The van der Waals surface area contributed by atoms with Crippen LogP contribution in [0, 0.1) is 4.77 Å². The van der Waals surface area contributed by atoms with Crippen molar-refractivity contribution < 1.29 is 14.6 Å². The van der Waals surface area contributed by atoms with E-state index in [0.717, 1.165) is 62.7 Å². The smallest absolute Gasteiger partial charge is 0.279 e. The summed E-state index contributed by atoms with van der Waals surface area (Å²) >= 11 is 5.60. The number of carbonyl (C=O) groups is 1. The van der Waals surface area contributed by atoms with Crippen LogP contribution < -0.4 is 15.1 Å². The lowest BCUT2D eigenvalue weighted by Gasteiger charge is -2.29. The Morgan fingerprint density at radius 2 is 1.87 bits per heavy atom. The van der Waals surface area contributed by atoms with Crippen LogP contribution in [0.1, 0.15) is 38.7 Å². The molecule has 1 aliphatic rings. The van der Waals surface area contributed by atoms with Crippen molar-refractivity contribution in [3.05, 3.63) is 40.9 Å². The Labute approximate surface area is 184 Å². The summed E-state index contributed by atoms with van der Waals surface area (Å²) in [5.41, 5.74) is 2.12. The number of carbonyl (C=O) groups excluding carboxylic acids is 1. The van der Waals surface area contributed by atoms with E-state index in [0.29, 0.717) is 6.54 Å². The van der Waals surface area contributed by atoms with Crippen LogP contribution in [0.15, 0.2) is 30.6 Å². The highest BCUT2D eigenvalue weighted by atomic mass is 32.1. The highest BCUT2D eigenvalue weighted by Crippen LogP contribution is 2.14. The normalized spacial score (nSPS) is 19.0. The third-order valence-electron chi connectivity index (χ3n) is 5.92. The quantitative estimate of drug-likeness (QED) is 0.380. The van der Waals surface area contributed by atoms with Crippen molar-refractivity contribution in [3.63, 3.8) is 0 Å². The molecule has 0 radical (unpaired) electrons. The van der Waals surface area contributed by atoms with Crippen LogP contribution in [0.5, 0.6) is 0 Å². The first-order valence-electron chi connectivity index (χ1n) is 11.3. The number of rotatable bonds is 10. The Kier molecular flexibility index (Phi) is 8.60. The number of anilines is 1. The van der Waals surface area contributed by atoms with E-state index in [9.17, 15) is 4.79 Å². The van der Waals surface area contributed by atoms with E-state index in [4.69, 9.17) is 12.2 Å². The monoisotopic (exact) mass is 432 g/mol. The molecule has 0 aliphatic carbocycles. The number of hydrogen-bond donors (Lipinski definition) is 3. The second kappa shape index (κ2) is 11.4. The molecule has 1 aromatic heterocycles. The molecule has 0 atom stereocenters. The lowest BCUT2D eigenvalue weighted by molar-refractivity contribution is -1.02. The first kappa shape index (κ1) is 22.7. The van der Waals surface area contributed by atoms with Crippen LogP contribution in [0.2, 0.25) is 0 Å². The number of hydrogen-bond acceptors (Lipinski definition) is 3. The Bertz CT molecular complexity index is 869. The largest absolute Gasteiger partial charge is 0.321 e. The summed E-state index contributed by atoms with van der Waals surface area (Å²) in [6.07, 6.45) is 6.37. The average Bonchev–Trinajstić information content (AvgIpc) is 3.09. The van der Waals surface area contributed by atoms with Gasteiger partial charge in [0.25, 0.3) is 5.91 Å². The maximum absolute atomic E-state index is 12.5. The molecule has 0 unspecified atom stereocenters. The van der Waals surface area contributed by atoms with E-state index in [1.54, 1.807) is 0 Å². The van der Waals surface area contributed by atoms with Gasteiger partial charge in [0.2, 0.25) is 4.77 Å². The minimum atomic E-state index is 0.0994. The molecule has 0 bridgehead atoms. The fourth-order valence-electron chi connectivity index (χ4n) is 4.04. The lowest BCUT2D eigenvalue weighted by Crippen LogP contribution is -3.28. The van der Waals surface area contributed by atoms with Crippen molar-refractivity contribution in [1.82, 2.24) is 14.3 Å². The molecule has 164 valence electrons. The summed E-state index contributed by atoms with van der Waals surface area (Å²) in [7, 11) is 0. The molecule has 0 saturated carbocycles. The van der Waals surface area contributed by atoms with Gasteiger partial charge in [0.05, 0.1) is 0 Å². The van der Waals surface area contributed by atoms with Crippen molar-refractivity contribution in [3.8, 4) is 0 Å². The van der Waals surface area contributed by atoms with Crippen LogP contribution in [0.3, 0.4) is 0 Å². The van der Waals surface area contributed by atoms with Gasteiger partial charge in [-0.25, -0.2) is 0 Å². The number of unbranched alkanes of at least 4 members (excludes halogenated alkanes) is 2. The third kappa shape index (κ3) is 6.23. The number of benzene rings is 1. The SMILES string of the molecule is CCCCCn1cnn(C[NH+]2CC[NH+](CC(=O)Nc3ccccc3CC)CC2)c1=S. The van der Waals surface area contributed by atoms with E-state index >= 15 is 0 Å². The molecule has 2 aromatic rings. The zero-order valence-electron chi connectivity index (χ0n) is 18.3. The highest BCUT2D eigenvalue weighted by Gasteiger charge is 2.25. The first-order chi connectivity index (χ1) is 14.6. The Morgan fingerprint density at radius 3 is 2.60 bits per heavy atom.